The van der Waals surface area contributed by atoms with E-state index < -0.39 is 0 Å². The zero-order chi connectivity index (χ0) is 15.7. The molecule has 1 amide bonds. The minimum Gasteiger partial charge on any atom is -0.383 e. The molecule has 1 aliphatic rings. The fourth-order valence-electron chi connectivity index (χ4n) is 2.66. The van der Waals surface area contributed by atoms with Gasteiger partial charge in [0.1, 0.15) is 0 Å². The molecule has 21 heavy (non-hydrogen) atoms. The van der Waals surface area contributed by atoms with E-state index in [1.807, 2.05) is 6.92 Å². The number of likely N-dealkylation sites (tertiary alicyclic amines) is 1. The lowest BCUT2D eigenvalue weighted by atomic mass is 9.95. The number of carbonyl (C=O) groups is 1. The van der Waals surface area contributed by atoms with Crippen LogP contribution in [0.15, 0.2) is 0 Å². The smallest absolute Gasteiger partial charge is 0.237 e. The highest BCUT2D eigenvalue weighted by atomic mass is 16.5. The number of methoxy groups -OCH3 is 1. The van der Waals surface area contributed by atoms with Crippen molar-refractivity contribution in [3.8, 4) is 0 Å². The highest BCUT2D eigenvalue weighted by molar-refractivity contribution is 5.81. The van der Waals surface area contributed by atoms with Crippen molar-refractivity contribution >= 4 is 5.91 Å². The predicted molar refractivity (Wildman–Crippen MR) is 86.4 cm³/mol. The third-order valence-electron chi connectivity index (χ3n) is 4.49. The first kappa shape index (κ1) is 18.4. The monoisotopic (exact) mass is 299 g/mol. The molecule has 1 fully saturated rings. The van der Waals surface area contributed by atoms with Gasteiger partial charge < -0.3 is 15.4 Å². The molecule has 124 valence electrons. The van der Waals surface area contributed by atoms with Crippen molar-refractivity contribution in [2.24, 2.45) is 5.92 Å². The fraction of sp³-hybridized carbons (Fsp3) is 0.938. The Morgan fingerprint density at radius 3 is 2.57 bits per heavy atom. The number of carbonyl (C=O) groups excluding carboxylic acids is 1. The molecule has 0 aliphatic carbocycles. The number of amides is 1. The number of piperidine rings is 1. The van der Waals surface area contributed by atoms with Crippen molar-refractivity contribution in [3.05, 3.63) is 0 Å². The van der Waals surface area contributed by atoms with Crippen molar-refractivity contribution in [3.63, 3.8) is 0 Å². The highest BCUT2D eigenvalue weighted by Gasteiger charge is 2.26. The van der Waals surface area contributed by atoms with Gasteiger partial charge in [0.2, 0.25) is 5.91 Å². The van der Waals surface area contributed by atoms with Gasteiger partial charge in [0.15, 0.2) is 0 Å². The number of ether oxygens (including phenoxy) is 1. The Morgan fingerprint density at radius 1 is 1.33 bits per heavy atom. The minimum absolute atomic E-state index is 0.0126. The molecule has 1 heterocycles. The Hall–Kier alpha value is -0.650. The van der Waals surface area contributed by atoms with Crippen LogP contribution < -0.4 is 10.6 Å². The van der Waals surface area contributed by atoms with E-state index in [0.29, 0.717) is 0 Å². The van der Waals surface area contributed by atoms with Gasteiger partial charge in [0.05, 0.1) is 12.6 Å². The quantitative estimate of drug-likeness (QED) is 0.629. The molecule has 0 aromatic heterocycles. The van der Waals surface area contributed by atoms with E-state index in [-0.39, 0.29) is 18.0 Å². The number of hydrogen-bond donors (Lipinski definition) is 2. The third-order valence-corrected chi connectivity index (χ3v) is 4.49. The molecular weight excluding hydrogens is 266 g/mol. The van der Waals surface area contributed by atoms with Gasteiger partial charge in [-0.15, -0.1) is 0 Å². The number of rotatable bonds is 9. The summed E-state index contributed by atoms with van der Waals surface area (Å²) in [6.07, 6.45) is 3.32. The van der Waals surface area contributed by atoms with Gasteiger partial charge in [0, 0.05) is 19.7 Å². The summed E-state index contributed by atoms with van der Waals surface area (Å²) in [5, 5.41) is 6.51. The van der Waals surface area contributed by atoms with Crippen LogP contribution in [0.2, 0.25) is 0 Å². The van der Waals surface area contributed by atoms with Gasteiger partial charge in [0.25, 0.3) is 0 Å². The van der Waals surface area contributed by atoms with Crippen LogP contribution in [0.4, 0.5) is 0 Å². The molecule has 1 aliphatic heterocycles. The van der Waals surface area contributed by atoms with Gasteiger partial charge in [-0.3, -0.25) is 9.69 Å². The minimum atomic E-state index is -0.0126. The van der Waals surface area contributed by atoms with Gasteiger partial charge in [-0.25, -0.2) is 0 Å². The first-order chi connectivity index (χ1) is 10.1. The third kappa shape index (κ3) is 6.76. The van der Waals surface area contributed by atoms with E-state index in [1.165, 1.54) is 12.8 Å². The lowest BCUT2D eigenvalue weighted by Gasteiger charge is -2.35. The van der Waals surface area contributed by atoms with Crippen LogP contribution in [0.1, 0.15) is 40.0 Å². The second-order valence-corrected chi connectivity index (χ2v) is 6.17. The Morgan fingerprint density at radius 2 is 2.00 bits per heavy atom. The second-order valence-electron chi connectivity index (χ2n) is 6.17. The van der Waals surface area contributed by atoms with Crippen LogP contribution in [0, 0.1) is 5.92 Å². The summed E-state index contributed by atoms with van der Waals surface area (Å²) in [5.74, 6) is 0.893. The first-order valence-electron chi connectivity index (χ1n) is 8.32. The summed E-state index contributed by atoms with van der Waals surface area (Å²) in [6, 6.07) is 0.254. The van der Waals surface area contributed by atoms with Gasteiger partial charge in [-0.2, -0.15) is 0 Å². The number of nitrogens with one attached hydrogen (secondary N) is 2. The molecule has 1 rings (SSSR count). The Balaban J connectivity index is 2.23. The maximum Gasteiger partial charge on any atom is 0.237 e. The van der Waals surface area contributed by atoms with Crippen LogP contribution in [0.5, 0.6) is 0 Å². The zero-order valence-electron chi connectivity index (χ0n) is 14.2. The molecule has 0 aromatic carbocycles. The standard InChI is InChI=1S/C16H33N3O2/c1-5-13(2)18-16(20)14(3)19-9-6-15(7-10-19)12-17-8-11-21-4/h13-15,17H,5-12H2,1-4H3,(H,18,20). The van der Waals surface area contributed by atoms with E-state index in [0.717, 1.165) is 45.1 Å². The number of hydrogen-bond acceptors (Lipinski definition) is 4. The van der Waals surface area contributed by atoms with Crippen LogP contribution in [0.25, 0.3) is 0 Å². The Bertz CT molecular complexity index is 291. The van der Waals surface area contributed by atoms with Crippen molar-refractivity contribution < 1.29 is 9.53 Å². The molecule has 0 aromatic rings. The molecule has 2 N–H and O–H groups in total. The Labute approximate surface area is 129 Å². The zero-order valence-corrected chi connectivity index (χ0v) is 14.2. The van der Waals surface area contributed by atoms with E-state index in [2.05, 4.69) is 29.4 Å². The molecule has 0 bridgehead atoms. The first-order valence-corrected chi connectivity index (χ1v) is 8.32. The lowest BCUT2D eigenvalue weighted by Crippen LogP contribution is -2.50. The van der Waals surface area contributed by atoms with Crippen molar-refractivity contribution in [2.75, 3.05) is 39.9 Å². The number of nitrogens with zero attached hydrogens (tertiary/aromatic N) is 1. The summed E-state index contributed by atoms with van der Waals surface area (Å²) in [5.41, 5.74) is 0. The average Bonchev–Trinajstić information content (AvgIpc) is 2.51. The maximum atomic E-state index is 12.2. The summed E-state index contributed by atoms with van der Waals surface area (Å²) >= 11 is 0. The topological polar surface area (TPSA) is 53.6 Å². The summed E-state index contributed by atoms with van der Waals surface area (Å²) in [4.78, 5) is 14.5. The van der Waals surface area contributed by atoms with E-state index in [9.17, 15) is 4.79 Å². The molecule has 0 radical (unpaired) electrons. The molecule has 1 saturated heterocycles. The van der Waals surface area contributed by atoms with Crippen molar-refractivity contribution in [1.29, 1.82) is 0 Å². The van der Waals surface area contributed by atoms with Gasteiger partial charge in [-0.1, -0.05) is 6.92 Å². The summed E-state index contributed by atoms with van der Waals surface area (Å²) in [6.45, 7) is 11.0. The largest absolute Gasteiger partial charge is 0.383 e. The molecule has 0 saturated carbocycles. The van der Waals surface area contributed by atoms with Gasteiger partial charge >= 0.3 is 0 Å². The fourth-order valence-corrected chi connectivity index (χ4v) is 2.66. The van der Waals surface area contributed by atoms with Gasteiger partial charge in [-0.05, 0) is 58.7 Å². The maximum absolute atomic E-state index is 12.2. The second kappa shape index (κ2) is 10.1. The van der Waals surface area contributed by atoms with Crippen LogP contribution in [0.3, 0.4) is 0 Å². The molecule has 2 atom stereocenters. The Kier molecular flexibility index (Phi) is 8.88. The van der Waals surface area contributed by atoms with E-state index >= 15 is 0 Å². The molecule has 5 heteroatoms. The average molecular weight is 299 g/mol. The van der Waals surface area contributed by atoms with E-state index in [1.54, 1.807) is 7.11 Å². The highest BCUT2D eigenvalue weighted by Crippen LogP contribution is 2.18. The molecule has 2 unspecified atom stereocenters. The van der Waals surface area contributed by atoms with Crippen LogP contribution in [-0.2, 0) is 9.53 Å². The molecule has 0 spiro atoms. The lowest BCUT2D eigenvalue weighted by molar-refractivity contribution is -0.127. The van der Waals surface area contributed by atoms with Crippen LogP contribution in [-0.4, -0.2) is 62.8 Å². The summed E-state index contributed by atoms with van der Waals surface area (Å²) < 4.78 is 5.03. The van der Waals surface area contributed by atoms with Crippen LogP contribution >= 0.6 is 0 Å². The molecular formula is C16H33N3O2. The predicted octanol–water partition coefficient (Wildman–Crippen LogP) is 1.24. The summed E-state index contributed by atoms with van der Waals surface area (Å²) in [7, 11) is 1.73. The van der Waals surface area contributed by atoms with Crippen molar-refractivity contribution in [1.82, 2.24) is 15.5 Å². The van der Waals surface area contributed by atoms with E-state index in [4.69, 9.17) is 4.74 Å². The molecule has 5 nitrogen and oxygen atoms in total. The normalized spacial score (nSPS) is 20.2. The SMILES string of the molecule is CCC(C)NC(=O)C(C)N1CCC(CNCCOC)CC1. The van der Waals surface area contributed by atoms with Crippen molar-refractivity contribution in [2.45, 2.75) is 52.1 Å².